The third kappa shape index (κ3) is 6.24. The van der Waals surface area contributed by atoms with Crippen LogP contribution >= 0.6 is 11.3 Å². The lowest BCUT2D eigenvalue weighted by molar-refractivity contribution is -0.156. The number of benzene rings is 2. The molecular weight excluding hydrogens is 631 g/mol. The Labute approximate surface area is 280 Å². The van der Waals surface area contributed by atoms with Gasteiger partial charge in [0.1, 0.15) is 17.0 Å². The van der Waals surface area contributed by atoms with Gasteiger partial charge in [0.15, 0.2) is 0 Å². The van der Waals surface area contributed by atoms with Crippen LogP contribution in [-0.2, 0) is 45.7 Å². The molecule has 4 heterocycles. The third-order valence-electron chi connectivity index (χ3n) is 9.25. The average molecular weight is 672 g/mol. The SMILES string of the molecule is CCn1nnc2c(C)c([C@H](c3cc(CN4C[C@@H](C)Cc5ncccc5S4(=O)=O)c(C)s3)C(C)(C)C(=O)OCc3ccccc3)ccc21. The van der Waals surface area contributed by atoms with Crippen molar-refractivity contribution in [2.75, 3.05) is 6.54 Å². The number of pyridine rings is 1. The van der Waals surface area contributed by atoms with Crippen LogP contribution in [0.3, 0.4) is 0 Å². The Morgan fingerprint density at radius 2 is 1.87 bits per heavy atom. The fraction of sp³-hybridized carbons (Fsp3) is 0.389. The maximum Gasteiger partial charge on any atom is 0.312 e. The minimum absolute atomic E-state index is 0.108. The highest BCUT2D eigenvalue weighted by Gasteiger charge is 2.43. The quantitative estimate of drug-likeness (QED) is 0.159. The lowest BCUT2D eigenvalue weighted by Gasteiger charge is -2.33. The molecule has 3 aromatic heterocycles. The van der Waals surface area contributed by atoms with Crippen LogP contribution in [0.25, 0.3) is 11.0 Å². The van der Waals surface area contributed by atoms with Crippen molar-refractivity contribution in [1.29, 1.82) is 0 Å². The lowest BCUT2D eigenvalue weighted by Crippen LogP contribution is -2.34. The summed E-state index contributed by atoms with van der Waals surface area (Å²) in [5.41, 5.74) is 5.14. The summed E-state index contributed by atoms with van der Waals surface area (Å²) < 4.78 is 37.2. The first kappa shape index (κ1) is 33.0. The van der Waals surface area contributed by atoms with Gasteiger partial charge in [-0.2, -0.15) is 4.31 Å². The molecule has 2 atom stereocenters. The molecule has 5 aromatic rings. The van der Waals surface area contributed by atoms with Crippen molar-refractivity contribution >= 4 is 38.4 Å². The molecular formula is C36H41N5O4S2. The standard InChI is InChI=1S/C36H41N5O4S2/c1-7-41-30-16-15-28(24(3)34(30)38-39-41)33(36(5,6)35(42)45-22-26-12-9-8-10-13-26)31-19-27(25(4)46-31)21-40-20-23(2)18-29-32(47(40,43)44)14-11-17-37-29/h8-17,19,23,33H,7,18,20-22H2,1-6H3/t23-,33+/m0/s1. The van der Waals surface area contributed by atoms with E-state index in [-0.39, 0.29) is 35.9 Å². The molecule has 0 radical (unpaired) electrons. The van der Waals surface area contributed by atoms with Crippen LogP contribution in [0.4, 0.5) is 0 Å². The molecule has 11 heteroatoms. The smallest absolute Gasteiger partial charge is 0.312 e. The van der Waals surface area contributed by atoms with Gasteiger partial charge in [-0.1, -0.05) is 48.5 Å². The Balaban J connectivity index is 1.40. The van der Waals surface area contributed by atoms with E-state index in [4.69, 9.17) is 4.74 Å². The van der Waals surface area contributed by atoms with Gasteiger partial charge in [-0.3, -0.25) is 9.78 Å². The van der Waals surface area contributed by atoms with Crippen LogP contribution in [0.2, 0.25) is 0 Å². The van der Waals surface area contributed by atoms with Gasteiger partial charge in [-0.05, 0) is 93.5 Å². The van der Waals surface area contributed by atoms with Gasteiger partial charge in [0.05, 0.1) is 16.6 Å². The summed E-state index contributed by atoms with van der Waals surface area (Å²) in [5.74, 6) is -0.594. The maximum atomic E-state index is 14.0. The molecule has 0 bridgehead atoms. The van der Waals surface area contributed by atoms with Gasteiger partial charge in [0.2, 0.25) is 10.0 Å². The first-order valence-electron chi connectivity index (χ1n) is 16.0. The number of carbonyl (C=O) groups excluding carboxylic acids is 1. The molecule has 0 spiro atoms. The monoisotopic (exact) mass is 671 g/mol. The zero-order chi connectivity index (χ0) is 33.5. The second-order valence-corrected chi connectivity index (χ2v) is 16.2. The summed E-state index contributed by atoms with van der Waals surface area (Å²) >= 11 is 1.60. The molecule has 246 valence electrons. The molecule has 0 aliphatic carbocycles. The predicted molar refractivity (Wildman–Crippen MR) is 184 cm³/mol. The predicted octanol–water partition coefficient (Wildman–Crippen LogP) is 6.81. The third-order valence-corrected chi connectivity index (χ3v) is 12.3. The van der Waals surface area contributed by atoms with E-state index in [1.807, 2.05) is 75.7 Å². The molecule has 0 saturated heterocycles. The van der Waals surface area contributed by atoms with Crippen LogP contribution in [0.1, 0.15) is 71.3 Å². The Bertz CT molecular complexity index is 2030. The van der Waals surface area contributed by atoms with E-state index in [0.29, 0.717) is 25.2 Å². The summed E-state index contributed by atoms with van der Waals surface area (Å²) in [7, 11) is -3.75. The van der Waals surface area contributed by atoms with E-state index in [0.717, 1.165) is 43.0 Å². The molecule has 6 rings (SSSR count). The van der Waals surface area contributed by atoms with Crippen molar-refractivity contribution in [3.63, 3.8) is 0 Å². The normalized spacial score (nSPS) is 17.3. The second-order valence-electron chi connectivity index (χ2n) is 13.1. The van der Waals surface area contributed by atoms with Crippen LogP contribution < -0.4 is 0 Å². The van der Waals surface area contributed by atoms with E-state index in [2.05, 4.69) is 34.4 Å². The van der Waals surface area contributed by atoms with Gasteiger partial charge < -0.3 is 4.74 Å². The Hall–Kier alpha value is -3.93. The van der Waals surface area contributed by atoms with Gasteiger partial charge in [-0.25, -0.2) is 13.1 Å². The molecule has 1 aliphatic heterocycles. The van der Waals surface area contributed by atoms with Gasteiger partial charge >= 0.3 is 5.97 Å². The number of aryl methyl sites for hydroxylation is 3. The van der Waals surface area contributed by atoms with Crippen LogP contribution in [0, 0.1) is 25.2 Å². The number of sulfonamides is 1. The summed E-state index contributed by atoms with van der Waals surface area (Å²) in [6.07, 6.45) is 2.26. The Kier molecular flexibility index (Phi) is 9.08. The number of fused-ring (bicyclic) bond motifs is 2. The number of rotatable bonds is 9. The maximum absolute atomic E-state index is 14.0. The number of nitrogens with zero attached hydrogens (tertiary/aromatic N) is 5. The zero-order valence-corrected chi connectivity index (χ0v) is 29.4. The molecule has 0 amide bonds. The fourth-order valence-electron chi connectivity index (χ4n) is 6.63. The number of carbonyl (C=O) groups is 1. The van der Waals surface area contributed by atoms with Gasteiger partial charge in [0, 0.05) is 41.5 Å². The topological polar surface area (TPSA) is 107 Å². The van der Waals surface area contributed by atoms with Crippen molar-refractivity contribution in [2.24, 2.45) is 11.3 Å². The highest BCUT2D eigenvalue weighted by molar-refractivity contribution is 7.89. The number of hydrogen-bond acceptors (Lipinski definition) is 8. The van der Waals surface area contributed by atoms with Gasteiger partial charge in [0.25, 0.3) is 0 Å². The number of ether oxygens (including phenoxy) is 1. The number of aromatic nitrogens is 4. The molecule has 0 fully saturated rings. The van der Waals surface area contributed by atoms with E-state index >= 15 is 0 Å². The van der Waals surface area contributed by atoms with E-state index in [1.54, 1.807) is 34.0 Å². The Morgan fingerprint density at radius 1 is 1.11 bits per heavy atom. The minimum Gasteiger partial charge on any atom is -0.460 e. The molecule has 0 unspecified atom stereocenters. The molecule has 1 aliphatic rings. The fourth-order valence-corrected chi connectivity index (χ4v) is 9.70. The van der Waals surface area contributed by atoms with Crippen LogP contribution in [0.5, 0.6) is 0 Å². The molecule has 9 nitrogen and oxygen atoms in total. The van der Waals surface area contributed by atoms with Crippen molar-refractivity contribution in [1.82, 2.24) is 24.3 Å². The highest BCUT2D eigenvalue weighted by Crippen LogP contribution is 2.47. The number of hydrogen-bond donors (Lipinski definition) is 0. The summed E-state index contributed by atoms with van der Waals surface area (Å²) in [4.78, 5) is 20.6. The summed E-state index contributed by atoms with van der Waals surface area (Å²) in [6, 6.07) is 19.2. The van der Waals surface area contributed by atoms with Gasteiger partial charge in [-0.15, -0.1) is 16.4 Å². The largest absolute Gasteiger partial charge is 0.460 e. The van der Waals surface area contributed by atoms with Crippen molar-refractivity contribution < 1.29 is 17.9 Å². The summed E-state index contributed by atoms with van der Waals surface area (Å²) in [5, 5.41) is 8.85. The molecule has 2 aromatic carbocycles. The van der Waals surface area contributed by atoms with Crippen molar-refractivity contribution in [3.8, 4) is 0 Å². The van der Waals surface area contributed by atoms with Crippen molar-refractivity contribution in [3.05, 3.63) is 105 Å². The van der Waals surface area contributed by atoms with E-state index in [9.17, 15) is 13.2 Å². The van der Waals surface area contributed by atoms with E-state index < -0.39 is 15.4 Å². The van der Waals surface area contributed by atoms with Crippen LogP contribution in [-0.4, -0.2) is 45.2 Å². The molecule has 0 N–H and O–H groups in total. The highest BCUT2D eigenvalue weighted by atomic mass is 32.2. The first-order valence-corrected chi connectivity index (χ1v) is 18.2. The van der Waals surface area contributed by atoms with E-state index in [1.165, 1.54) is 0 Å². The lowest BCUT2D eigenvalue weighted by atomic mass is 9.72. The first-order chi connectivity index (χ1) is 22.4. The zero-order valence-electron chi connectivity index (χ0n) is 27.7. The second kappa shape index (κ2) is 12.9. The number of thiophene rings is 1. The van der Waals surface area contributed by atoms with Crippen molar-refractivity contribution in [2.45, 2.75) is 78.5 Å². The number of esters is 1. The average Bonchev–Trinajstić information content (AvgIpc) is 3.61. The Morgan fingerprint density at radius 3 is 2.62 bits per heavy atom. The minimum atomic E-state index is -3.75. The summed E-state index contributed by atoms with van der Waals surface area (Å²) in [6.45, 7) is 13.5. The molecule has 47 heavy (non-hydrogen) atoms. The molecule has 0 saturated carbocycles. The van der Waals surface area contributed by atoms with Crippen LogP contribution in [0.15, 0.2) is 71.8 Å².